The highest BCUT2D eigenvalue weighted by atomic mass is 16.3. The summed E-state index contributed by atoms with van der Waals surface area (Å²) < 4.78 is 0. The van der Waals surface area contributed by atoms with Gasteiger partial charge >= 0.3 is 0 Å². The second kappa shape index (κ2) is 5.75. The van der Waals surface area contributed by atoms with E-state index < -0.39 is 17.4 Å². The molecule has 4 N–H and O–H groups in total. The molecule has 5 nitrogen and oxygen atoms in total. The molecule has 0 saturated heterocycles. The van der Waals surface area contributed by atoms with Gasteiger partial charge < -0.3 is 16.2 Å². The number of nitriles is 1. The van der Waals surface area contributed by atoms with Gasteiger partial charge in [0.15, 0.2) is 5.60 Å². The molecular weight excluding hydrogens is 290 g/mol. The van der Waals surface area contributed by atoms with E-state index >= 15 is 0 Å². The number of carbonyl (C=O) groups is 1. The molecule has 1 unspecified atom stereocenters. The van der Waals surface area contributed by atoms with Crippen LogP contribution in [0.4, 0.5) is 5.69 Å². The number of rotatable bonds is 3. The monoisotopic (exact) mass is 307 g/mol. The Kier molecular flexibility index (Phi) is 3.77. The van der Waals surface area contributed by atoms with Crippen LogP contribution >= 0.6 is 0 Å². The molecule has 0 saturated carbocycles. The zero-order valence-electron chi connectivity index (χ0n) is 12.5. The minimum absolute atomic E-state index is 0.413. The molecule has 0 bridgehead atoms. The number of benzene rings is 2. The van der Waals surface area contributed by atoms with Crippen molar-refractivity contribution in [3.63, 3.8) is 0 Å². The number of anilines is 1. The van der Waals surface area contributed by atoms with Crippen molar-refractivity contribution < 1.29 is 9.90 Å². The van der Waals surface area contributed by atoms with E-state index in [0.29, 0.717) is 24.1 Å². The summed E-state index contributed by atoms with van der Waals surface area (Å²) in [4.78, 5) is 12.0. The van der Waals surface area contributed by atoms with Gasteiger partial charge in [-0.05, 0) is 35.7 Å². The first-order chi connectivity index (χ1) is 11.1. The number of hydrogen-bond acceptors (Lipinski definition) is 4. The van der Waals surface area contributed by atoms with E-state index in [2.05, 4.69) is 11.4 Å². The Morgan fingerprint density at radius 1 is 1.30 bits per heavy atom. The highest BCUT2D eigenvalue weighted by Crippen LogP contribution is 2.37. The van der Waals surface area contributed by atoms with Crippen molar-refractivity contribution in [1.29, 1.82) is 5.26 Å². The Balaban J connectivity index is 2.00. The Bertz CT molecular complexity index is 783. The first-order valence-electron chi connectivity index (χ1n) is 7.40. The maximum Gasteiger partial charge on any atom is 0.254 e. The smallest absolute Gasteiger partial charge is 0.254 e. The third-order valence-electron chi connectivity index (χ3n) is 4.42. The van der Waals surface area contributed by atoms with E-state index in [0.717, 1.165) is 11.3 Å². The third-order valence-corrected chi connectivity index (χ3v) is 4.42. The number of nitrogens with one attached hydrogen (secondary N) is 1. The van der Waals surface area contributed by atoms with Crippen LogP contribution in [0.1, 0.15) is 16.7 Å². The molecule has 2 aromatic carbocycles. The van der Waals surface area contributed by atoms with Gasteiger partial charge in [-0.2, -0.15) is 5.26 Å². The average molecular weight is 307 g/mol. The van der Waals surface area contributed by atoms with E-state index in [1.807, 2.05) is 12.1 Å². The summed E-state index contributed by atoms with van der Waals surface area (Å²) in [7, 11) is 0. The molecule has 2 aromatic rings. The standard InChI is InChI=1S/C18H17N3O2/c19-10-12-6-7-16-13(8-12)9-15(11-21-16)18(23,17(20)22)14-4-2-1-3-5-14/h1-8,15,21,23H,9,11H2,(H2,20,22)/t15-,18?/m0/s1. The van der Waals surface area contributed by atoms with Crippen LogP contribution < -0.4 is 11.1 Å². The van der Waals surface area contributed by atoms with Crippen molar-refractivity contribution in [2.45, 2.75) is 12.0 Å². The Morgan fingerprint density at radius 3 is 2.70 bits per heavy atom. The van der Waals surface area contributed by atoms with Crippen molar-refractivity contribution in [3.8, 4) is 6.07 Å². The van der Waals surface area contributed by atoms with E-state index in [4.69, 9.17) is 11.0 Å². The second-order valence-corrected chi connectivity index (χ2v) is 5.76. The lowest BCUT2D eigenvalue weighted by Crippen LogP contribution is -2.51. The van der Waals surface area contributed by atoms with Crippen molar-refractivity contribution in [2.24, 2.45) is 11.7 Å². The summed E-state index contributed by atoms with van der Waals surface area (Å²) >= 11 is 0. The highest BCUT2D eigenvalue weighted by Gasteiger charge is 2.45. The van der Waals surface area contributed by atoms with Gasteiger partial charge in [0.25, 0.3) is 5.91 Å². The summed E-state index contributed by atoms with van der Waals surface area (Å²) in [6.45, 7) is 0.424. The van der Waals surface area contributed by atoms with Gasteiger partial charge in [0.05, 0.1) is 11.6 Å². The number of nitrogens with zero attached hydrogens (tertiary/aromatic N) is 1. The molecule has 1 heterocycles. The first-order valence-corrected chi connectivity index (χ1v) is 7.40. The van der Waals surface area contributed by atoms with Gasteiger partial charge in [-0.25, -0.2) is 0 Å². The van der Waals surface area contributed by atoms with Crippen LogP contribution in [-0.2, 0) is 16.8 Å². The largest absolute Gasteiger partial charge is 0.384 e. The summed E-state index contributed by atoms with van der Waals surface area (Å²) in [5, 5.41) is 23.3. The third kappa shape index (κ3) is 2.54. The van der Waals surface area contributed by atoms with Gasteiger partial charge in [-0.1, -0.05) is 30.3 Å². The van der Waals surface area contributed by atoms with Gasteiger partial charge in [0.1, 0.15) is 0 Å². The van der Waals surface area contributed by atoms with Crippen LogP contribution in [0.5, 0.6) is 0 Å². The minimum atomic E-state index is -1.76. The molecule has 1 aliphatic rings. The molecule has 23 heavy (non-hydrogen) atoms. The topological polar surface area (TPSA) is 99.1 Å². The number of primary amides is 1. The van der Waals surface area contributed by atoms with Crippen LogP contribution in [0.3, 0.4) is 0 Å². The van der Waals surface area contributed by atoms with Gasteiger partial charge in [-0.3, -0.25) is 4.79 Å². The predicted octanol–water partition coefficient (Wildman–Crippen LogP) is 1.52. The number of aliphatic hydroxyl groups is 1. The fraction of sp³-hybridized carbons (Fsp3) is 0.222. The normalized spacial score (nSPS) is 18.9. The van der Waals surface area contributed by atoms with E-state index in [1.54, 1.807) is 36.4 Å². The van der Waals surface area contributed by atoms with Gasteiger partial charge in [-0.15, -0.1) is 0 Å². The number of amides is 1. The number of carbonyl (C=O) groups excluding carboxylic acids is 1. The molecule has 116 valence electrons. The zero-order chi connectivity index (χ0) is 16.4. The molecule has 2 atom stereocenters. The lowest BCUT2D eigenvalue weighted by Gasteiger charge is -2.37. The van der Waals surface area contributed by atoms with Crippen LogP contribution in [-0.4, -0.2) is 17.6 Å². The fourth-order valence-corrected chi connectivity index (χ4v) is 3.14. The molecule has 0 fully saturated rings. The molecule has 0 spiro atoms. The molecule has 5 heteroatoms. The quantitative estimate of drug-likeness (QED) is 0.800. The van der Waals surface area contributed by atoms with Crippen molar-refractivity contribution >= 4 is 11.6 Å². The van der Waals surface area contributed by atoms with E-state index in [1.165, 1.54) is 0 Å². The molecule has 1 amide bonds. The Labute approximate surface area is 134 Å². The molecule has 0 aromatic heterocycles. The van der Waals surface area contributed by atoms with Crippen LogP contribution in [0, 0.1) is 17.2 Å². The maximum absolute atomic E-state index is 12.0. The van der Waals surface area contributed by atoms with Crippen molar-refractivity contribution in [1.82, 2.24) is 0 Å². The van der Waals surface area contributed by atoms with Crippen LogP contribution in [0.15, 0.2) is 48.5 Å². The summed E-state index contributed by atoms with van der Waals surface area (Å²) in [5.41, 5.74) is 6.64. The Morgan fingerprint density at radius 2 is 2.04 bits per heavy atom. The number of nitrogens with two attached hydrogens (primary N) is 1. The number of hydrogen-bond donors (Lipinski definition) is 3. The molecule has 3 rings (SSSR count). The van der Waals surface area contributed by atoms with Crippen LogP contribution in [0.2, 0.25) is 0 Å². The fourth-order valence-electron chi connectivity index (χ4n) is 3.14. The highest BCUT2D eigenvalue weighted by molar-refractivity contribution is 5.85. The molecule has 0 aliphatic carbocycles. The molecular formula is C18H17N3O2. The molecule has 1 aliphatic heterocycles. The van der Waals surface area contributed by atoms with Gasteiger partial charge in [0, 0.05) is 18.2 Å². The average Bonchev–Trinajstić information content (AvgIpc) is 2.60. The summed E-state index contributed by atoms with van der Waals surface area (Å²) in [6.07, 6.45) is 0.464. The van der Waals surface area contributed by atoms with Crippen molar-refractivity contribution in [3.05, 3.63) is 65.2 Å². The predicted molar refractivity (Wildman–Crippen MR) is 86.4 cm³/mol. The molecule has 0 radical (unpaired) electrons. The summed E-state index contributed by atoms with van der Waals surface area (Å²) in [6, 6.07) is 16.2. The maximum atomic E-state index is 12.0. The first kappa shape index (κ1) is 15.1. The van der Waals surface area contributed by atoms with E-state index in [9.17, 15) is 9.90 Å². The summed E-state index contributed by atoms with van der Waals surface area (Å²) in [5.74, 6) is -1.18. The Hall–Kier alpha value is -2.84. The second-order valence-electron chi connectivity index (χ2n) is 5.76. The number of fused-ring (bicyclic) bond motifs is 1. The van der Waals surface area contributed by atoms with Crippen molar-refractivity contribution in [2.75, 3.05) is 11.9 Å². The van der Waals surface area contributed by atoms with Crippen LogP contribution in [0.25, 0.3) is 0 Å². The van der Waals surface area contributed by atoms with E-state index in [-0.39, 0.29) is 0 Å². The SMILES string of the molecule is N#Cc1ccc2c(c1)C[C@H](C(O)(C(N)=O)c1ccccc1)CN2. The zero-order valence-corrected chi connectivity index (χ0v) is 12.5. The van der Waals surface area contributed by atoms with Gasteiger partial charge in [0.2, 0.25) is 0 Å². The lowest BCUT2D eigenvalue weighted by atomic mass is 9.75. The lowest BCUT2D eigenvalue weighted by molar-refractivity contribution is -0.143. The minimum Gasteiger partial charge on any atom is -0.384 e.